The number of nitrogens with zero attached hydrogens (tertiary/aromatic N) is 2. The third kappa shape index (κ3) is 4.96. The van der Waals surface area contributed by atoms with Crippen LogP contribution >= 0.6 is 0 Å². The molecule has 1 aromatic carbocycles. The maximum Gasteiger partial charge on any atom is 0.244 e. The Kier molecular flexibility index (Phi) is 5.80. The van der Waals surface area contributed by atoms with Crippen LogP contribution in [-0.4, -0.2) is 75.8 Å². The molecule has 1 fully saturated rings. The molecule has 8 nitrogen and oxygen atoms in total. The molecule has 0 spiro atoms. The van der Waals surface area contributed by atoms with Crippen LogP contribution in [0.4, 0.5) is 0 Å². The van der Waals surface area contributed by atoms with Gasteiger partial charge >= 0.3 is 0 Å². The molecule has 0 atom stereocenters. The van der Waals surface area contributed by atoms with Gasteiger partial charge in [0.05, 0.1) is 6.26 Å². The van der Waals surface area contributed by atoms with Crippen molar-refractivity contribution in [3.8, 4) is 11.5 Å². The maximum atomic E-state index is 11.9. The highest BCUT2D eigenvalue weighted by Gasteiger charge is 2.22. The number of ether oxygens (including phenoxy) is 2. The molecule has 0 unspecified atom stereocenters. The van der Waals surface area contributed by atoms with Crippen molar-refractivity contribution in [3.63, 3.8) is 0 Å². The minimum Gasteiger partial charge on any atom is -0.454 e. The van der Waals surface area contributed by atoms with Gasteiger partial charge in [-0.25, -0.2) is 8.42 Å². The number of carbonyl (C=O) groups is 1. The summed E-state index contributed by atoms with van der Waals surface area (Å²) in [6.07, 6.45) is 4.44. The lowest BCUT2D eigenvalue weighted by molar-refractivity contribution is -0.116. The summed E-state index contributed by atoms with van der Waals surface area (Å²) in [6.45, 7) is 3.78. The molecule has 1 saturated heterocycles. The largest absolute Gasteiger partial charge is 0.454 e. The van der Waals surface area contributed by atoms with Crippen molar-refractivity contribution in [2.75, 3.05) is 52.3 Å². The van der Waals surface area contributed by atoms with Gasteiger partial charge in [0.15, 0.2) is 11.5 Å². The van der Waals surface area contributed by atoms with Crippen molar-refractivity contribution in [2.45, 2.75) is 0 Å². The Morgan fingerprint density at radius 2 is 1.92 bits per heavy atom. The molecule has 3 rings (SSSR count). The number of piperazine rings is 1. The van der Waals surface area contributed by atoms with Gasteiger partial charge < -0.3 is 14.8 Å². The van der Waals surface area contributed by atoms with E-state index in [2.05, 4.69) is 10.2 Å². The summed E-state index contributed by atoms with van der Waals surface area (Å²) in [4.78, 5) is 14.1. The number of benzene rings is 1. The van der Waals surface area contributed by atoms with E-state index in [0.29, 0.717) is 50.8 Å². The SMILES string of the molecule is CS(=O)(=O)N1CCN(CCNC(=O)/C=C/c2ccc3c(c2)OCO3)CC1. The van der Waals surface area contributed by atoms with Crippen LogP contribution in [0.2, 0.25) is 0 Å². The fourth-order valence-electron chi connectivity index (χ4n) is 2.87. The highest BCUT2D eigenvalue weighted by atomic mass is 32.2. The standard InChI is InChI=1S/C17H23N3O5S/c1-26(22,23)20-10-8-19(9-11-20)7-6-18-17(21)5-3-14-2-4-15-16(12-14)25-13-24-15/h2-5,12H,6-11,13H2,1H3,(H,18,21)/b5-3+. The highest BCUT2D eigenvalue weighted by molar-refractivity contribution is 7.88. The molecule has 1 N–H and O–H groups in total. The Hall–Kier alpha value is -2.10. The average Bonchev–Trinajstić information content (AvgIpc) is 3.07. The Morgan fingerprint density at radius 3 is 2.65 bits per heavy atom. The van der Waals surface area contributed by atoms with E-state index in [-0.39, 0.29) is 12.7 Å². The molecule has 0 radical (unpaired) electrons. The van der Waals surface area contributed by atoms with Crippen molar-refractivity contribution >= 4 is 22.0 Å². The van der Waals surface area contributed by atoms with Crippen molar-refractivity contribution in [3.05, 3.63) is 29.8 Å². The van der Waals surface area contributed by atoms with Crippen LogP contribution in [0.5, 0.6) is 11.5 Å². The number of carbonyl (C=O) groups excluding carboxylic acids is 1. The van der Waals surface area contributed by atoms with Gasteiger partial charge in [-0.1, -0.05) is 6.07 Å². The Balaban J connectivity index is 1.38. The fourth-order valence-corrected chi connectivity index (χ4v) is 3.70. The number of hydrogen-bond donors (Lipinski definition) is 1. The van der Waals surface area contributed by atoms with Crippen molar-refractivity contribution in [1.29, 1.82) is 0 Å². The molecule has 2 heterocycles. The quantitative estimate of drug-likeness (QED) is 0.705. The molecule has 2 aliphatic rings. The smallest absolute Gasteiger partial charge is 0.244 e. The lowest BCUT2D eigenvalue weighted by atomic mass is 10.2. The number of rotatable bonds is 6. The van der Waals surface area contributed by atoms with Gasteiger partial charge in [0.2, 0.25) is 22.7 Å². The van der Waals surface area contributed by atoms with Gasteiger partial charge in [-0.2, -0.15) is 4.31 Å². The first-order chi connectivity index (χ1) is 12.4. The molecule has 1 aromatic rings. The molecule has 0 bridgehead atoms. The summed E-state index contributed by atoms with van der Waals surface area (Å²) >= 11 is 0. The van der Waals surface area contributed by atoms with Crippen LogP contribution in [0.25, 0.3) is 6.08 Å². The summed E-state index contributed by atoms with van der Waals surface area (Å²) in [5.41, 5.74) is 0.862. The monoisotopic (exact) mass is 381 g/mol. The van der Waals surface area contributed by atoms with Crippen LogP contribution < -0.4 is 14.8 Å². The van der Waals surface area contributed by atoms with Crippen LogP contribution in [0.1, 0.15) is 5.56 Å². The normalized spacial score (nSPS) is 18.3. The van der Waals surface area contributed by atoms with Gasteiger partial charge in [0, 0.05) is 45.3 Å². The fraction of sp³-hybridized carbons (Fsp3) is 0.471. The summed E-state index contributed by atoms with van der Waals surface area (Å²) in [5, 5.41) is 2.84. The molecule has 142 valence electrons. The number of fused-ring (bicyclic) bond motifs is 1. The topological polar surface area (TPSA) is 88.2 Å². The maximum absolute atomic E-state index is 11.9. The van der Waals surface area contributed by atoms with Gasteiger partial charge in [-0.15, -0.1) is 0 Å². The van der Waals surface area contributed by atoms with Crippen LogP contribution in [0.3, 0.4) is 0 Å². The van der Waals surface area contributed by atoms with Crippen molar-refractivity contribution in [1.82, 2.24) is 14.5 Å². The molecule has 0 aromatic heterocycles. The molecular weight excluding hydrogens is 358 g/mol. The zero-order chi connectivity index (χ0) is 18.6. The third-order valence-electron chi connectivity index (χ3n) is 4.35. The summed E-state index contributed by atoms with van der Waals surface area (Å²) < 4.78 is 35.0. The van der Waals surface area contributed by atoms with E-state index in [1.807, 2.05) is 18.2 Å². The Morgan fingerprint density at radius 1 is 1.19 bits per heavy atom. The van der Waals surface area contributed by atoms with Gasteiger partial charge in [0.25, 0.3) is 0 Å². The number of amides is 1. The Labute approximate surface area is 153 Å². The van der Waals surface area contributed by atoms with Crippen molar-refractivity contribution in [2.24, 2.45) is 0 Å². The van der Waals surface area contributed by atoms with Crippen molar-refractivity contribution < 1.29 is 22.7 Å². The second-order valence-electron chi connectivity index (χ2n) is 6.24. The van der Waals surface area contributed by atoms with Gasteiger partial charge in [-0.05, 0) is 23.8 Å². The second-order valence-corrected chi connectivity index (χ2v) is 8.22. The first-order valence-corrected chi connectivity index (χ1v) is 10.3. The Bertz CT molecular complexity index is 786. The summed E-state index contributed by atoms with van der Waals surface area (Å²) in [7, 11) is -3.11. The molecular formula is C17H23N3O5S. The van der Waals surface area contributed by atoms with E-state index in [1.54, 1.807) is 6.08 Å². The third-order valence-corrected chi connectivity index (χ3v) is 5.65. The minimum atomic E-state index is -3.11. The van der Waals surface area contributed by atoms with E-state index in [4.69, 9.17) is 9.47 Å². The highest BCUT2D eigenvalue weighted by Crippen LogP contribution is 2.32. The van der Waals surface area contributed by atoms with Crippen LogP contribution in [0.15, 0.2) is 24.3 Å². The van der Waals surface area contributed by atoms with Gasteiger partial charge in [0.1, 0.15) is 0 Å². The summed E-state index contributed by atoms with van der Waals surface area (Å²) in [6, 6.07) is 5.50. The predicted octanol–water partition coefficient (Wildman–Crippen LogP) is 0.122. The van der Waals surface area contributed by atoms with Gasteiger partial charge in [-0.3, -0.25) is 9.69 Å². The number of sulfonamides is 1. The summed E-state index contributed by atoms with van der Waals surface area (Å²) in [5.74, 6) is 1.22. The predicted molar refractivity (Wildman–Crippen MR) is 97.5 cm³/mol. The number of hydrogen-bond acceptors (Lipinski definition) is 6. The van der Waals surface area contributed by atoms with E-state index >= 15 is 0 Å². The molecule has 1 amide bonds. The zero-order valence-corrected chi connectivity index (χ0v) is 15.5. The molecule has 9 heteroatoms. The van der Waals surface area contributed by atoms with E-state index in [9.17, 15) is 13.2 Å². The van der Waals surface area contributed by atoms with Crippen LogP contribution in [0, 0.1) is 0 Å². The van der Waals surface area contributed by atoms with E-state index in [1.165, 1.54) is 16.6 Å². The van der Waals surface area contributed by atoms with E-state index in [0.717, 1.165) is 5.56 Å². The molecule has 0 aliphatic carbocycles. The zero-order valence-electron chi connectivity index (χ0n) is 14.7. The van der Waals surface area contributed by atoms with E-state index < -0.39 is 10.0 Å². The number of nitrogens with one attached hydrogen (secondary N) is 1. The second kappa shape index (κ2) is 8.07. The van der Waals surface area contributed by atoms with Crippen LogP contribution in [-0.2, 0) is 14.8 Å². The lowest BCUT2D eigenvalue weighted by Crippen LogP contribution is -2.49. The lowest BCUT2D eigenvalue weighted by Gasteiger charge is -2.33. The first-order valence-electron chi connectivity index (χ1n) is 8.45. The molecule has 26 heavy (non-hydrogen) atoms. The first kappa shape index (κ1) is 18.7. The minimum absolute atomic E-state index is 0.169. The average molecular weight is 381 g/mol. The molecule has 2 aliphatic heterocycles. The molecule has 0 saturated carbocycles.